The van der Waals surface area contributed by atoms with Gasteiger partial charge in [0.05, 0.1) is 0 Å². The molecule has 94 valence electrons. The summed E-state index contributed by atoms with van der Waals surface area (Å²) in [5, 5.41) is 2.62. The highest BCUT2D eigenvalue weighted by atomic mass is 31.2. The molecule has 1 aromatic rings. The largest absolute Gasteiger partial charge is 0.313 e. The predicted octanol–water partition coefficient (Wildman–Crippen LogP) is 3.17. The van der Waals surface area contributed by atoms with Gasteiger partial charge in [0.2, 0.25) is 0 Å². The Morgan fingerprint density at radius 1 is 1.06 bits per heavy atom. The summed E-state index contributed by atoms with van der Waals surface area (Å²) in [5.74, 6) is 0.681. The van der Waals surface area contributed by atoms with Gasteiger partial charge in [0.25, 0.3) is 7.59 Å². The van der Waals surface area contributed by atoms with Gasteiger partial charge in [-0.3, -0.25) is 15.6 Å². The van der Waals surface area contributed by atoms with Crippen LogP contribution >= 0.6 is 7.59 Å². The number of nitrogens with two attached hydrogens (primary N) is 2. The molecule has 0 atom stereocenters. The lowest BCUT2D eigenvalue weighted by Gasteiger charge is -2.22. The Bertz CT molecular complexity index is 406. The van der Waals surface area contributed by atoms with Crippen LogP contribution in [0.2, 0.25) is 0 Å². The summed E-state index contributed by atoms with van der Waals surface area (Å²) in [6.45, 7) is 0. The summed E-state index contributed by atoms with van der Waals surface area (Å²) in [5.41, 5.74) is 12.6. The average Bonchev–Trinajstić information content (AvgIpc) is 2.29. The molecule has 0 unspecified atom stereocenters. The maximum atomic E-state index is 11.2. The predicted molar refractivity (Wildman–Crippen MR) is 71.9 cm³/mol. The van der Waals surface area contributed by atoms with Crippen LogP contribution in [0.25, 0.3) is 0 Å². The second-order valence-corrected chi connectivity index (χ2v) is 6.42. The molecule has 1 fully saturated rings. The van der Waals surface area contributed by atoms with E-state index in [1.165, 1.54) is 37.7 Å². The van der Waals surface area contributed by atoms with Crippen molar-refractivity contribution in [3.05, 3.63) is 29.8 Å². The normalized spacial score (nSPS) is 18.0. The molecule has 1 aliphatic carbocycles. The molecule has 0 radical (unpaired) electrons. The number of hydrogen-bond donors (Lipinski definition) is 3. The van der Waals surface area contributed by atoms with Crippen LogP contribution in [0.4, 0.5) is 5.69 Å². The average molecular weight is 253 g/mol. The van der Waals surface area contributed by atoms with Crippen molar-refractivity contribution in [2.75, 3.05) is 5.09 Å². The highest BCUT2D eigenvalue weighted by Gasteiger charge is 2.15. The summed E-state index contributed by atoms with van der Waals surface area (Å²) in [4.78, 5) is 0. The Labute approximate surface area is 102 Å². The highest BCUT2D eigenvalue weighted by molar-refractivity contribution is 7.60. The minimum Gasteiger partial charge on any atom is -0.313 e. The third kappa shape index (κ3) is 3.84. The molecular weight excluding hydrogens is 233 g/mol. The van der Waals surface area contributed by atoms with Crippen LogP contribution in [-0.4, -0.2) is 0 Å². The number of rotatable bonds is 3. The number of nitrogens with one attached hydrogen (secondary N) is 1. The van der Waals surface area contributed by atoms with Gasteiger partial charge >= 0.3 is 0 Å². The fourth-order valence-corrected chi connectivity index (χ4v) is 3.02. The van der Waals surface area contributed by atoms with Gasteiger partial charge in [-0.25, -0.2) is 0 Å². The van der Waals surface area contributed by atoms with Gasteiger partial charge in [0.1, 0.15) is 0 Å². The Hall–Kier alpha value is -0.830. The first-order chi connectivity index (χ1) is 8.04. The lowest BCUT2D eigenvalue weighted by Crippen LogP contribution is -2.13. The molecule has 0 spiro atoms. The van der Waals surface area contributed by atoms with Gasteiger partial charge in [-0.15, -0.1) is 0 Å². The maximum absolute atomic E-state index is 11.2. The standard InChI is InChI=1S/C12H20N3OP/c13-17(14,16)15-12-8-6-11(7-9-12)10-4-2-1-3-5-10/h6-10H,1-5H2,(H5,13,14,15,16). The van der Waals surface area contributed by atoms with Crippen molar-refractivity contribution in [2.24, 2.45) is 11.0 Å². The topological polar surface area (TPSA) is 81.1 Å². The number of hydrogen-bond acceptors (Lipinski definition) is 1. The van der Waals surface area contributed by atoms with Crippen molar-refractivity contribution < 1.29 is 4.57 Å². The van der Waals surface area contributed by atoms with Crippen molar-refractivity contribution in [1.82, 2.24) is 0 Å². The van der Waals surface area contributed by atoms with E-state index in [1.807, 2.05) is 12.1 Å². The third-order valence-electron chi connectivity index (χ3n) is 3.29. The Morgan fingerprint density at radius 2 is 1.65 bits per heavy atom. The zero-order valence-electron chi connectivity index (χ0n) is 9.93. The minimum absolute atomic E-state index is 0.681. The molecule has 0 aromatic heterocycles. The molecule has 0 bridgehead atoms. The van der Waals surface area contributed by atoms with Gasteiger partial charge < -0.3 is 5.09 Å². The molecule has 1 aromatic carbocycles. The lowest BCUT2D eigenvalue weighted by molar-refractivity contribution is 0.443. The molecule has 0 heterocycles. The summed E-state index contributed by atoms with van der Waals surface area (Å²) in [7, 11) is -3.18. The quantitative estimate of drug-likeness (QED) is 0.723. The molecule has 0 aliphatic heterocycles. The van der Waals surface area contributed by atoms with Gasteiger partial charge in [0, 0.05) is 5.69 Å². The zero-order chi connectivity index (χ0) is 12.3. The van der Waals surface area contributed by atoms with Crippen LogP contribution in [0.3, 0.4) is 0 Å². The third-order valence-corrected chi connectivity index (χ3v) is 3.90. The number of benzene rings is 1. The molecule has 0 saturated heterocycles. The molecular formula is C12H20N3OP. The summed E-state index contributed by atoms with van der Waals surface area (Å²) < 4.78 is 11.2. The van der Waals surface area contributed by atoms with Crippen molar-refractivity contribution >= 4 is 13.3 Å². The SMILES string of the molecule is NP(N)(=O)Nc1ccc(C2CCCCC2)cc1. The summed E-state index contributed by atoms with van der Waals surface area (Å²) in [6, 6.07) is 7.95. The van der Waals surface area contributed by atoms with Crippen molar-refractivity contribution in [3.8, 4) is 0 Å². The van der Waals surface area contributed by atoms with E-state index in [-0.39, 0.29) is 0 Å². The molecule has 1 aliphatic rings. The van der Waals surface area contributed by atoms with Crippen LogP contribution in [0.1, 0.15) is 43.6 Å². The molecule has 4 nitrogen and oxygen atoms in total. The smallest absolute Gasteiger partial charge is 0.298 e. The molecule has 2 rings (SSSR count). The second-order valence-electron chi connectivity index (χ2n) is 4.78. The van der Waals surface area contributed by atoms with E-state index in [2.05, 4.69) is 17.2 Å². The van der Waals surface area contributed by atoms with E-state index in [0.717, 1.165) is 5.69 Å². The maximum Gasteiger partial charge on any atom is 0.298 e. The summed E-state index contributed by atoms with van der Waals surface area (Å²) in [6.07, 6.45) is 6.56. The zero-order valence-corrected chi connectivity index (χ0v) is 10.8. The van der Waals surface area contributed by atoms with Gasteiger partial charge in [-0.05, 0) is 36.5 Å². The van der Waals surface area contributed by atoms with Crippen LogP contribution in [0, 0.1) is 0 Å². The van der Waals surface area contributed by atoms with Gasteiger partial charge in [-0.1, -0.05) is 31.4 Å². The van der Waals surface area contributed by atoms with Crippen molar-refractivity contribution in [3.63, 3.8) is 0 Å². The van der Waals surface area contributed by atoms with E-state index in [1.54, 1.807) is 0 Å². The molecule has 1 saturated carbocycles. The summed E-state index contributed by atoms with van der Waals surface area (Å²) >= 11 is 0. The van der Waals surface area contributed by atoms with Crippen molar-refractivity contribution in [2.45, 2.75) is 38.0 Å². The fraction of sp³-hybridized carbons (Fsp3) is 0.500. The first-order valence-electron chi connectivity index (χ1n) is 6.10. The van der Waals surface area contributed by atoms with Crippen molar-refractivity contribution in [1.29, 1.82) is 0 Å². The van der Waals surface area contributed by atoms with E-state index < -0.39 is 7.59 Å². The Kier molecular flexibility index (Phi) is 3.87. The monoisotopic (exact) mass is 253 g/mol. The lowest BCUT2D eigenvalue weighted by atomic mass is 9.84. The van der Waals surface area contributed by atoms with E-state index in [9.17, 15) is 4.57 Å². The molecule has 17 heavy (non-hydrogen) atoms. The van der Waals surface area contributed by atoms with E-state index in [4.69, 9.17) is 11.0 Å². The van der Waals surface area contributed by atoms with Crippen LogP contribution in [0.5, 0.6) is 0 Å². The van der Waals surface area contributed by atoms with E-state index in [0.29, 0.717) is 5.92 Å². The molecule has 5 heteroatoms. The first kappa shape index (κ1) is 12.6. The minimum atomic E-state index is -3.18. The highest BCUT2D eigenvalue weighted by Crippen LogP contribution is 2.34. The van der Waals surface area contributed by atoms with Crippen LogP contribution in [0.15, 0.2) is 24.3 Å². The molecule has 5 N–H and O–H groups in total. The van der Waals surface area contributed by atoms with Gasteiger partial charge in [-0.2, -0.15) is 0 Å². The Morgan fingerprint density at radius 3 is 2.18 bits per heavy atom. The fourth-order valence-electron chi connectivity index (χ4n) is 2.47. The first-order valence-corrected chi connectivity index (χ1v) is 7.94. The number of anilines is 1. The van der Waals surface area contributed by atoms with Gasteiger partial charge in [0.15, 0.2) is 0 Å². The Balaban J connectivity index is 2.04. The van der Waals surface area contributed by atoms with E-state index >= 15 is 0 Å². The van der Waals surface area contributed by atoms with Crippen LogP contribution in [-0.2, 0) is 4.57 Å². The molecule has 0 amide bonds. The van der Waals surface area contributed by atoms with Crippen LogP contribution < -0.4 is 16.1 Å². The second kappa shape index (κ2) is 5.21.